The molecule has 3 aromatic rings. The molecule has 0 radical (unpaired) electrons. The molecule has 5 heteroatoms. The Morgan fingerprint density at radius 3 is 2.82 bits per heavy atom. The van der Waals surface area contributed by atoms with Crippen molar-refractivity contribution in [2.75, 3.05) is 7.11 Å². The minimum absolute atomic E-state index is 0.0902. The minimum Gasteiger partial charge on any atom is -0.481 e. The summed E-state index contributed by atoms with van der Waals surface area (Å²) in [5.41, 5.74) is 2.65. The van der Waals surface area contributed by atoms with Crippen molar-refractivity contribution in [2.45, 2.75) is 6.54 Å². The van der Waals surface area contributed by atoms with Crippen LogP contribution in [0.15, 0.2) is 48.8 Å². The van der Waals surface area contributed by atoms with Gasteiger partial charge in [-0.05, 0) is 11.6 Å². The number of benzene rings is 1. The van der Waals surface area contributed by atoms with E-state index >= 15 is 0 Å². The second-order valence-corrected chi connectivity index (χ2v) is 5.06. The number of para-hydroxylation sites is 1. The van der Waals surface area contributed by atoms with Crippen molar-refractivity contribution in [1.29, 1.82) is 0 Å². The number of ether oxygens (including phenoxy) is 1. The van der Waals surface area contributed by atoms with Crippen LogP contribution in [0.4, 0.5) is 0 Å². The minimum atomic E-state index is -0.0902. The van der Waals surface area contributed by atoms with Gasteiger partial charge in [0, 0.05) is 43.0 Å². The molecule has 0 aliphatic heterocycles. The molecule has 0 bridgehead atoms. The van der Waals surface area contributed by atoms with Crippen molar-refractivity contribution in [2.24, 2.45) is 7.05 Å². The predicted octanol–water partition coefficient (Wildman–Crippen LogP) is 2.51. The number of nitrogens with zero attached hydrogens (tertiary/aromatic N) is 2. The molecule has 1 N–H and O–H groups in total. The third kappa shape index (κ3) is 2.65. The number of fused-ring (bicyclic) bond motifs is 1. The molecular weight excluding hydrogens is 278 g/mol. The highest BCUT2D eigenvalue weighted by Crippen LogP contribution is 2.20. The lowest BCUT2D eigenvalue weighted by Gasteiger charge is -2.05. The van der Waals surface area contributed by atoms with E-state index in [4.69, 9.17) is 4.74 Å². The lowest BCUT2D eigenvalue weighted by molar-refractivity contribution is 0.0952. The third-order valence-electron chi connectivity index (χ3n) is 3.60. The number of hydrogen-bond acceptors (Lipinski definition) is 3. The average Bonchev–Trinajstić information content (AvgIpc) is 2.91. The molecule has 0 atom stereocenters. The lowest BCUT2D eigenvalue weighted by atomic mass is 10.1. The molecule has 0 saturated heterocycles. The van der Waals surface area contributed by atoms with Gasteiger partial charge in [-0.3, -0.25) is 4.79 Å². The molecule has 0 aliphatic rings. The molecule has 22 heavy (non-hydrogen) atoms. The van der Waals surface area contributed by atoms with Gasteiger partial charge in [0.1, 0.15) is 0 Å². The van der Waals surface area contributed by atoms with Crippen LogP contribution in [0.5, 0.6) is 5.88 Å². The molecule has 0 unspecified atom stereocenters. The summed E-state index contributed by atoms with van der Waals surface area (Å²) >= 11 is 0. The molecule has 0 saturated carbocycles. The fraction of sp³-hybridized carbons (Fsp3) is 0.176. The van der Waals surface area contributed by atoms with Crippen LogP contribution in [-0.4, -0.2) is 22.6 Å². The first-order chi connectivity index (χ1) is 10.7. The van der Waals surface area contributed by atoms with Crippen molar-refractivity contribution in [1.82, 2.24) is 14.9 Å². The van der Waals surface area contributed by atoms with Gasteiger partial charge >= 0.3 is 0 Å². The van der Waals surface area contributed by atoms with Crippen LogP contribution >= 0.6 is 0 Å². The van der Waals surface area contributed by atoms with Gasteiger partial charge in [0.2, 0.25) is 5.88 Å². The first-order valence-electron chi connectivity index (χ1n) is 7.00. The zero-order chi connectivity index (χ0) is 15.5. The Balaban J connectivity index is 1.75. The molecule has 0 aliphatic carbocycles. The maximum atomic E-state index is 12.4. The highest BCUT2D eigenvalue weighted by atomic mass is 16.5. The number of pyridine rings is 1. The van der Waals surface area contributed by atoms with E-state index in [1.165, 1.54) is 0 Å². The second-order valence-electron chi connectivity index (χ2n) is 5.06. The van der Waals surface area contributed by atoms with Crippen molar-refractivity contribution >= 4 is 16.8 Å². The summed E-state index contributed by atoms with van der Waals surface area (Å²) in [4.78, 5) is 16.5. The van der Waals surface area contributed by atoms with E-state index in [1.807, 2.05) is 48.1 Å². The van der Waals surface area contributed by atoms with Crippen LogP contribution in [0.1, 0.15) is 15.9 Å². The molecule has 1 aromatic carbocycles. The van der Waals surface area contributed by atoms with Gasteiger partial charge in [0.15, 0.2) is 0 Å². The van der Waals surface area contributed by atoms with Gasteiger partial charge in [-0.15, -0.1) is 0 Å². The summed E-state index contributed by atoms with van der Waals surface area (Å²) in [6, 6.07) is 11.5. The summed E-state index contributed by atoms with van der Waals surface area (Å²) in [7, 11) is 3.51. The standard InChI is InChI=1S/C17H17N3O2/c1-20-11-14(13-5-3-4-6-15(13)20)17(21)19-10-12-7-8-16(22-2)18-9-12/h3-9,11H,10H2,1-2H3,(H,19,21). The molecule has 1 amide bonds. The number of nitrogens with one attached hydrogen (secondary N) is 1. The Morgan fingerprint density at radius 1 is 1.27 bits per heavy atom. The molecule has 3 rings (SSSR count). The smallest absolute Gasteiger partial charge is 0.253 e. The number of carbonyl (C=O) groups excluding carboxylic acids is 1. The quantitative estimate of drug-likeness (QED) is 0.804. The predicted molar refractivity (Wildman–Crippen MR) is 84.9 cm³/mol. The fourth-order valence-electron chi connectivity index (χ4n) is 2.44. The van der Waals surface area contributed by atoms with Gasteiger partial charge in [0.05, 0.1) is 12.7 Å². The Labute approximate surface area is 128 Å². The van der Waals surface area contributed by atoms with Crippen LogP contribution in [0.2, 0.25) is 0 Å². The van der Waals surface area contributed by atoms with E-state index < -0.39 is 0 Å². The largest absolute Gasteiger partial charge is 0.481 e. The third-order valence-corrected chi connectivity index (χ3v) is 3.60. The van der Waals surface area contributed by atoms with Crippen LogP contribution in [0.25, 0.3) is 10.9 Å². The van der Waals surface area contributed by atoms with Crippen molar-refractivity contribution in [3.63, 3.8) is 0 Å². The Kier molecular flexibility index (Phi) is 3.78. The maximum absolute atomic E-state index is 12.4. The van der Waals surface area contributed by atoms with E-state index in [-0.39, 0.29) is 5.91 Å². The fourth-order valence-corrected chi connectivity index (χ4v) is 2.44. The first kappa shape index (κ1) is 14.1. The van der Waals surface area contributed by atoms with Gasteiger partial charge in [-0.1, -0.05) is 24.3 Å². The van der Waals surface area contributed by atoms with Crippen molar-refractivity contribution in [3.05, 3.63) is 59.9 Å². The Morgan fingerprint density at radius 2 is 2.09 bits per heavy atom. The number of methoxy groups -OCH3 is 1. The SMILES string of the molecule is COc1ccc(CNC(=O)c2cn(C)c3ccccc23)cn1. The second kappa shape index (κ2) is 5.89. The van der Waals surface area contributed by atoms with E-state index in [0.717, 1.165) is 16.5 Å². The Hall–Kier alpha value is -2.82. The number of aromatic nitrogens is 2. The highest BCUT2D eigenvalue weighted by molar-refractivity contribution is 6.06. The van der Waals surface area contributed by atoms with Gasteiger partial charge in [-0.2, -0.15) is 0 Å². The highest BCUT2D eigenvalue weighted by Gasteiger charge is 2.13. The molecule has 2 aromatic heterocycles. The molecule has 0 fully saturated rings. The summed E-state index contributed by atoms with van der Waals surface area (Å²) in [5, 5.41) is 3.88. The number of amides is 1. The van der Waals surface area contributed by atoms with Gasteiger partial charge in [-0.25, -0.2) is 4.98 Å². The first-order valence-corrected chi connectivity index (χ1v) is 7.00. The normalized spacial score (nSPS) is 10.6. The maximum Gasteiger partial charge on any atom is 0.253 e. The average molecular weight is 295 g/mol. The van der Waals surface area contributed by atoms with Crippen molar-refractivity contribution in [3.8, 4) is 5.88 Å². The van der Waals surface area contributed by atoms with Gasteiger partial charge < -0.3 is 14.6 Å². The summed E-state index contributed by atoms with van der Waals surface area (Å²) in [6.45, 7) is 0.430. The Bertz CT molecular complexity index is 806. The molecule has 0 spiro atoms. The number of rotatable bonds is 4. The number of hydrogen-bond donors (Lipinski definition) is 1. The molecule has 2 heterocycles. The van der Waals surface area contributed by atoms with Crippen LogP contribution in [0, 0.1) is 0 Å². The molecule has 5 nitrogen and oxygen atoms in total. The zero-order valence-electron chi connectivity index (χ0n) is 12.5. The van der Waals surface area contributed by atoms with Crippen LogP contribution < -0.4 is 10.1 Å². The zero-order valence-corrected chi connectivity index (χ0v) is 12.5. The monoisotopic (exact) mass is 295 g/mol. The van der Waals surface area contributed by atoms with Crippen LogP contribution in [0.3, 0.4) is 0 Å². The van der Waals surface area contributed by atoms with Crippen LogP contribution in [-0.2, 0) is 13.6 Å². The number of carbonyl (C=O) groups is 1. The van der Waals surface area contributed by atoms with E-state index in [9.17, 15) is 4.79 Å². The van der Waals surface area contributed by atoms with E-state index in [2.05, 4.69) is 10.3 Å². The van der Waals surface area contributed by atoms with Gasteiger partial charge in [0.25, 0.3) is 5.91 Å². The summed E-state index contributed by atoms with van der Waals surface area (Å²) < 4.78 is 6.97. The molecular formula is C17H17N3O2. The summed E-state index contributed by atoms with van der Waals surface area (Å²) in [6.07, 6.45) is 3.55. The summed E-state index contributed by atoms with van der Waals surface area (Å²) in [5.74, 6) is 0.469. The van der Waals surface area contributed by atoms with E-state index in [1.54, 1.807) is 19.4 Å². The van der Waals surface area contributed by atoms with E-state index in [0.29, 0.717) is 18.0 Å². The molecule has 112 valence electrons. The number of aryl methyl sites for hydroxylation is 1. The van der Waals surface area contributed by atoms with Crippen molar-refractivity contribution < 1.29 is 9.53 Å². The topological polar surface area (TPSA) is 56.1 Å². The lowest BCUT2D eigenvalue weighted by Crippen LogP contribution is -2.22.